The first-order chi connectivity index (χ1) is 18.6. The average molecular weight is 567 g/mol. The Morgan fingerprint density at radius 1 is 1.10 bits per heavy atom. The molecule has 39 heavy (non-hydrogen) atoms. The zero-order chi connectivity index (χ0) is 29.4. The van der Waals surface area contributed by atoms with Gasteiger partial charge in [0.1, 0.15) is 5.69 Å². The number of nitrogen functional groups attached to an aromatic ring is 1. The smallest absolute Gasteiger partial charge is 0.287 e. The molecule has 1 aliphatic heterocycles. The van der Waals surface area contributed by atoms with Gasteiger partial charge in [0.2, 0.25) is 0 Å². The van der Waals surface area contributed by atoms with Crippen LogP contribution in [0.1, 0.15) is 115 Å². The number of nitrogens with one attached hydrogen (secondary N) is 1. The summed E-state index contributed by atoms with van der Waals surface area (Å²) in [6, 6.07) is 1.69. The second kappa shape index (κ2) is 18.0. The maximum atomic E-state index is 13.1. The lowest BCUT2D eigenvalue weighted by molar-refractivity contribution is 0.0126. The van der Waals surface area contributed by atoms with Gasteiger partial charge >= 0.3 is 0 Å². The molecule has 3 heterocycles. The Bertz CT molecular complexity index is 1010. The Hall–Kier alpha value is -2.45. The van der Waals surface area contributed by atoms with Gasteiger partial charge in [0, 0.05) is 47.2 Å². The van der Waals surface area contributed by atoms with Gasteiger partial charge in [-0.15, -0.1) is 0 Å². The van der Waals surface area contributed by atoms with Crippen molar-refractivity contribution in [2.45, 2.75) is 104 Å². The summed E-state index contributed by atoms with van der Waals surface area (Å²) in [5, 5.41) is 8.23. The van der Waals surface area contributed by atoms with Crippen molar-refractivity contribution in [1.82, 2.24) is 20.1 Å². The molecule has 5 N–H and O–H groups in total. The van der Waals surface area contributed by atoms with Crippen molar-refractivity contribution >= 4 is 29.1 Å². The number of alkyl halides is 2. The second-order valence-electron chi connectivity index (χ2n) is 9.44. The Labute approximate surface area is 239 Å². The Morgan fingerprint density at radius 2 is 1.69 bits per heavy atom. The largest absolute Gasteiger partial charge is 0.399 e. The third-order valence-electron chi connectivity index (χ3n) is 6.40. The van der Waals surface area contributed by atoms with Gasteiger partial charge in [-0.3, -0.25) is 9.67 Å². The van der Waals surface area contributed by atoms with Crippen LogP contribution in [0.2, 0.25) is 0 Å². The zero-order valence-electron chi connectivity index (χ0n) is 24.5. The van der Waals surface area contributed by atoms with Gasteiger partial charge in [-0.25, -0.2) is 0 Å². The van der Waals surface area contributed by atoms with Crippen LogP contribution in [-0.2, 0) is 12.3 Å². The standard InChI is InChI=1S/C11H11ClF2N2.C9H14N4.C6H12.2C2H6/c1-11(13,14)10-5-8(15)7-4-6(12)2-3-9(7)16-10;1-7(10)8-4-12-13(6-8)9-2-3-11-5-9;1-2-4-6-5-3-1;2*1-2/h4-5H,2-3H2,1H3,(H2,15,16);4,6,9,11H,1-3,5,10H2;1-6H2;2*1-2H3. The van der Waals surface area contributed by atoms with Crippen LogP contribution in [0.3, 0.4) is 0 Å². The second-order valence-corrected chi connectivity index (χ2v) is 9.92. The fraction of sp³-hybridized carbons (Fsp3) is 0.600. The number of hydrogen-bond acceptors (Lipinski definition) is 5. The summed E-state index contributed by atoms with van der Waals surface area (Å²) >= 11 is 5.88. The van der Waals surface area contributed by atoms with Crippen molar-refractivity contribution in [2.24, 2.45) is 5.73 Å². The first kappa shape index (κ1) is 34.6. The molecule has 0 radical (unpaired) electrons. The maximum Gasteiger partial charge on any atom is 0.287 e. The van der Waals surface area contributed by atoms with E-state index in [1.54, 1.807) is 12.3 Å². The van der Waals surface area contributed by atoms with Crippen LogP contribution < -0.4 is 16.8 Å². The van der Waals surface area contributed by atoms with Crippen molar-refractivity contribution < 1.29 is 8.78 Å². The molecule has 2 aliphatic carbocycles. The predicted molar refractivity (Wildman–Crippen MR) is 163 cm³/mol. The van der Waals surface area contributed by atoms with Gasteiger partial charge in [0.15, 0.2) is 0 Å². The molecule has 0 amide bonds. The SMILES string of the molecule is C1CCCCC1.C=C(N)c1cnn(C2CCNC2)c1.CC.CC.CC(F)(F)c1cc(N)c2c(n1)CCC(Cl)=C2. The molecule has 1 unspecified atom stereocenters. The van der Waals surface area contributed by atoms with E-state index in [-0.39, 0.29) is 5.69 Å². The van der Waals surface area contributed by atoms with E-state index in [1.165, 1.54) is 44.6 Å². The Kier molecular flexibility index (Phi) is 16.0. The Morgan fingerprint density at radius 3 is 2.15 bits per heavy atom. The average Bonchev–Trinajstić information content (AvgIpc) is 3.65. The zero-order valence-corrected chi connectivity index (χ0v) is 25.3. The molecule has 6 nitrogen and oxygen atoms in total. The van der Waals surface area contributed by atoms with Gasteiger partial charge in [-0.1, -0.05) is 84.4 Å². The van der Waals surface area contributed by atoms with Crippen molar-refractivity contribution in [3.63, 3.8) is 0 Å². The van der Waals surface area contributed by atoms with Crippen LogP contribution in [0, 0.1) is 0 Å². The number of halogens is 3. The molecule has 1 saturated heterocycles. The molecule has 0 aromatic carbocycles. The van der Waals surface area contributed by atoms with Crippen molar-refractivity contribution in [2.75, 3.05) is 18.8 Å². The number of fused-ring (bicyclic) bond motifs is 1. The van der Waals surface area contributed by atoms with Gasteiger partial charge in [0.05, 0.1) is 17.9 Å². The van der Waals surface area contributed by atoms with E-state index >= 15 is 0 Å². The molecule has 2 aromatic rings. The number of anilines is 1. The summed E-state index contributed by atoms with van der Waals surface area (Å²) in [5.74, 6) is -2.96. The van der Waals surface area contributed by atoms with Crippen LogP contribution in [0.5, 0.6) is 0 Å². The molecule has 9 heteroatoms. The molecule has 1 atom stereocenters. The van der Waals surface area contributed by atoms with Crippen molar-refractivity contribution in [3.05, 3.63) is 52.6 Å². The lowest BCUT2D eigenvalue weighted by atomic mass is 10.00. The number of hydrogen-bond donors (Lipinski definition) is 3. The number of pyridine rings is 1. The van der Waals surface area contributed by atoms with E-state index in [0.717, 1.165) is 32.0 Å². The van der Waals surface area contributed by atoms with Crippen LogP contribution in [-0.4, -0.2) is 27.9 Å². The number of rotatable bonds is 3. The predicted octanol–water partition coefficient (Wildman–Crippen LogP) is 8.04. The summed E-state index contributed by atoms with van der Waals surface area (Å²) in [7, 11) is 0. The number of nitrogens with zero attached hydrogens (tertiary/aromatic N) is 3. The van der Waals surface area contributed by atoms with Crippen molar-refractivity contribution in [1.29, 1.82) is 0 Å². The highest BCUT2D eigenvalue weighted by Gasteiger charge is 2.28. The summed E-state index contributed by atoms with van der Waals surface area (Å²) in [4.78, 5) is 3.95. The molecule has 0 bridgehead atoms. The summed E-state index contributed by atoms with van der Waals surface area (Å²) in [5.41, 5.74) is 14.1. The Balaban J connectivity index is 0.000000295. The molecule has 5 rings (SSSR count). The molecule has 0 spiro atoms. The fourth-order valence-electron chi connectivity index (χ4n) is 4.31. The van der Waals surface area contributed by atoms with E-state index < -0.39 is 5.92 Å². The third kappa shape index (κ3) is 11.7. The highest BCUT2D eigenvalue weighted by Crippen LogP contribution is 2.33. The van der Waals surface area contributed by atoms with Gasteiger partial charge < -0.3 is 16.8 Å². The minimum atomic E-state index is -2.96. The van der Waals surface area contributed by atoms with Crippen LogP contribution in [0.4, 0.5) is 14.5 Å². The maximum absolute atomic E-state index is 13.1. The molecule has 1 saturated carbocycles. The van der Waals surface area contributed by atoms with Crippen molar-refractivity contribution in [3.8, 4) is 0 Å². The fourth-order valence-corrected chi connectivity index (χ4v) is 4.51. The van der Waals surface area contributed by atoms with Gasteiger partial charge in [0.25, 0.3) is 5.92 Å². The van der Waals surface area contributed by atoms with Crippen LogP contribution in [0.25, 0.3) is 11.8 Å². The van der Waals surface area contributed by atoms with Crippen LogP contribution in [0.15, 0.2) is 30.1 Å². The quantitative estimate of drug-likeness (QED) is 0.349. The molecule has 220 valence electrons. The highest BCUT2D eigenvalue weighted by molar-refractivity contribution is 6.31. The van der Waals surface area contributed by atoms with Gasteiger partial charge in [-0.05, 0) is 37.9 Å². The monoisotopic (exact) mass is 566 g/mol. The lowest BCUT2D eigenvalue weighted by Crippen LogP contribution is -2.14. The van der Waals surface area contributed by atoms with E-state index in [9.17, 15) is 8.78 Å². The van der Waals surface area contributed by atoms with E-state index in [0.29, 0.717) is 46.6 Å². The number of aryl methyl sites for hydroxylation is 1. The summed E-state index contributed by atoms with van der Waals surface area (Å²) < 4.78 is 28.2. The highest BCUT2D eigenvalue weighted by atomic mass is 35.5. The molecular formula is C30H49ClF2N6. The third-order valence-corrected chi connectivity index (χ3v) is 6.70. The number of nitrogens with two attached hydrogens (primary N) is 2. The first-order valence-electron chi connectivity index (χ1n) is 14.4. The summed E-state index contributed by atoms with van der Waals surface area (Å²) in [6.07, 6.45) is 16.7. The normalized spacial score (nSPS) is 17.7. The van der Waals surface area contributed by atoms with E-state index in [1.807, 2.05) is 38.6 Å². The molecule has 2 aromatic heterocycles. The molecular weight excluding hydrogens is 518 g/mol. The summed E-state index contributed by atoms with van der Waals surface area (Å²) in [6.45, 7) is 14.6. The molecule has 3 aliphatic rings. The minimum absolute atomic E-state index is 0.282. The number of aromatic nitrogens is 3. The number of allylic oxidation sites excluding steroid dienone is 1. The first-order valence-corrected chi connectivity index (χ1v) is 14.8. The minimum Gasteiger partial charge on any atom is -0.399 e. The lowest BCUT2D eigenvalue weighted by Gasteiger charge is -2.18. The van der Waals surface area contributed by atoms with Crippen LogP contribution >= 0.6 is 11.6 Å². The molecule has 2 fully saturated rings. The van der Waals surface area contributed by atoms with E-state index in [2.05, 4.69) is 22.0 Å². The van der Waals surface area contributed by atoms with Gasteiger partial charge in [-0.2, -0.15) is 13.9 Å². The topological polar surface area (TPSA) is 94.8 Å². The van der Waals surface area contributed by atoms with E-state index in [4.69, 9.17) is 23.1 Å².